The highest BCUT2D eigenvalue weighted by atomic mass is 15.3. The third-order valence-electron chi connectivity index (χ3n) is 3.58. The molecule has 0 saturated heterocycles. The van der Waals surface area contributed by atoms with E-state index in [2.05, 4.69) is 28.9 Å². The Labute approximate surface area is 94.7 Å². The maximum absolute atomic E-state index is 4.66. The highest BCUT2D eigenvalue weighted by Crippen LogP contribution is 2.45. The van der Waals surface area contributed by atoms with E-state index >= 15 is 0 Å². The first kappa shape index (κ1) is 9.75. The lowest BCUT2D eigenvalue weighted by Crippen LogP contribution is -2.02. The van der Waals surface area contributed by atoms with Gasteiger partial charge in [-0.15, -0.1) is 5.10 Å². The van der Waals surface area contributed by atoms with E-state index in [1.165, 1.54) is 6.42 Å². The maximum Gasteiger partial charge on any atom is 0.162 e. The zero-order valence-electron chi connectivity index (χ0n) is 10.2. The molecule has 84 valence electrons. The molecular formula is C12H16N4. The summed E-state index contributed by atoms with van der Waals surface area (Å²) in [6.45, 7) is 8.32. The van der Waals surface area contributed by atoms with Gasteiger partial charge in [-0.1, -0.05) is 6.92 Å². The van der Waals surface area contributed by atoms with Crippen molar-refractivity contribution in [1.82, 2.24) is 19.6 Å². The molecule has 0 aromatic carbocycles. The third-order valence-corrected chi connectivity index (χ3v) is 3.58. The zero-order valence-corrected chi connectivity index (χ0v) is 10.2. The zero-order chi connectivity index (χ0) is 11.4. The van der Waals surface area contributed by atoms with Crippen molar-refractivity contribution >= 4 is 5.65 Å². The Morgan fingerprint density at radius 1 is 1.19 bits per heavy atom. The lowest BCUT2D eigenvalue weighted by Gasteiger charge is -2.02. The molecule has 0 amide bonds. The van der Waals surface area contributed by atoms with Gasteiger partial charge < -0.3 is 0 Å². The van der Waals surface area contributed by atoms with Crippen molar-refractivity contribution in [3.63, 3.8) is 0 Å². The highest BCUT2D eigenvalue weighted by molar-refractivity contribution is 5.49. The molecule has 3 rings (SSSR count). The first-order valence-corrected chi connectivity index (χ1v) is 5.78. The van der Waals surface area contributed by atoms with E-state index in [9.17, 15) is 0 Å². The second-order valence-electron chi connectivity index (χ2n) is 4.89. The van der Waals surface area contributed by atoms with Crippen LogP contribution in [0.1, 0.15) is 42.2 Å². The molecule has 4 heteroatoms. The van der Waals surface area contributed by atoms with Crippen molar-refractivity contribution in [2.75, 3.05) is 0 Å². The molecule has 2 unspecified atom stereocenters. The summed E-state index contributed by atoms with van der Waals surface area (Å²) in [5.74, 6) is 3.22. The molecule has 1 fully saturated rings. The molecule has 0 spiro atoms. The van der Waals surface area contributed by atoms with Crippen LogP contribution in [0.4, 0.5) is 0 Å². The number of hydrogen-bond acceptors (Lipinski definition) is 3. The average molecular weight is 216 g/mol. The minimum atomic E-state index is 0.569. The smallest absolute Gasteiger partial charge is 0.162 e. The molecule has 0 radical (unpaired) electrons. The lowest BCUT2D eigenvalue weighted by atomic mass is 10.2. The number of aromatic nitrogens is 4. The van der Waals surface area contributed by atoms with Gasteiger partial charge in [-0.05, 0) is 33.1 Å². The van der Waals surface area contributed by atoms with Gasteiger partial charge in [-0.3, -0.25) is 0 Å². The van der Waals surface area contributed by atoms with Crippen LogP contribution in [-0.2, 0) is 0 Å². The molecule has 0 N–H and O–H groups in total. The number of nitrogens with zero attached hydrogens (tertiary/aromatic N) is 4. The fourth-order valence-corrected chi connectivity index (χ4v) is 2.17. The van der Waals surface area contributed by atoms with Crippen molar-refractivity contribution in [3.8, 4) is 0 Å². The molecule has 0 bridgehead atoms. The standard InChI is InChI=1S/C12H16N4/c1-6-5-10(6)11-14-12-7(2)8(3)13-9(4)16(12)15-11/h6,10H,5H2,1-4H3. The first-order valence-electron chi connectivity index (χ1n) is 5.78. The Hall–Kier alpha value is -1.45. The van der Waals surface area contributed by atoms with Gasteiger partial charge in [-0.25, -0.2) is 9.97 Å². The van der Waals surface area contributed by atoms with Crippen LogP contribution >= 0.6 is 0 Å². The van der Waals surface area contributed by atoms with E-state index in [1.807, 2.05) is 18.4 Å². The Morgan fingerprint density at radius 2 is 1.88 bits per heavy atom. The molecule has 1 aliphatic rings. The molecule has 4 nitrogen and oxygen atoms in total. The molecule has 0 aliphatic heterocycles. The monoisotopic (exact) mass is 216 g/mol. The van der Waals surface area contributed by atoms with Crippen LogP contribution in [0.5, 0.6) is 0 Å². The molecule has 1 saturated carbocycles. The predicted molar refractivity (Wildman–Crippen MR) is 61.5 cm³/mol. The van der Waals surface area contributed by atoms with Crippen LogP contribution in [0.3, 0.4) is 0 Å². The maximum atomic E-state index is 4.66. The number of aryl methyl sites for hydroxylation is 3. The van der Waals surface area contributed by atoms with Crippen LogP contribution in [0, 0.1) is 26.7 Å². The van der Waals surface area contributed by atoms with Gasteiger partial charge in [0.2, 0.25) is 0 Å². The third kappa shape index (κ3) is 1.25. The van der Waals surface area contributed by atoms with E-state index in [0.29, 0.717) is 5.92 Å². The number of fused-ring (bicyclic) bond motifs is 1. The van der Waals surface area contributed by atoms with Crippen molar-refractivity contribution in [2.45, 2.75) is 40.0 Å². The summed E-state index contributed by atoms with van der Waals surface area (Å²) in [6, 6.07) is 0. The Balaban J connectivity index is 2.23. The fourth-order valence-electron chi connectivity index (χ4n) is 2.17. The van der Waals surface area contributed by atoms with Crippen molar-refractivity contribution in [3.05, 3.63) is 22.9 Å². The minimum Gasteiger partial charge on any atom is -0.238 e. The minimum absolute atomic E-state index is 0.569. The molecule has 2 aromatic rings. The topological polar surface area (TPSA) is 43.1 Å². The van der Waals surface area contributed by atoms with Crippen LogP contribution in [0.15, 0.2) is 0 Å². The van der Waals surface area contributed by atoms with Gasteiger partial charge in [0.1, 0.15) is 5.82 Å². The van der Waals surface area contributed by atoms with Gasteiger partial charge in [0.15, 0.2) is 11.5 Å². The Kier molecular flexibility index (Phi) is 1.85. The quantitative estimate of drug-likeness (QED) is 0.733. The number of rotatable bonds is 1. The lowest BCUT2D eigenvalue weighted by molar-refractivity contribution is 0.792. The highest BCUT2D eigenvalue weighted by Gasteiger charge is 2.37. The van der Waals surface area contributed by atoms with Crippen molar-refractivity contribution in [2.24, 2.45) is 5.92 Å². The van der Waals surface area contributed by atoms with Gasteiger partial charge in [-0.2, -0.15) is 4.52 Å². The van der Waals surface area contributed by atoms with E-state index in [-0.39, 0.29) is 0 Å². The van der Waals surface area contributed by atoms with Crippen molar-refractivity contribution < 1.29 is 0 Å². The van der Waals surface area contributed by atoms with Crippen LogP contribution in [0.25, 0.3) is 5.65 Å². The van der Waals surface area contributed by atoms with Crippen LogP contribution in [-0.4, -0.2) is 19.6 Å². The second-order valence-corrected chi connectivity index (χ2v) is 4.89. The van der Waals surface area contributed by atoms with E-state index < -0.39 is 0 Å². The number of hydrogen-bond donors (Lipinski definition) is 0. The molecule has 1 aliphatic carbocycles. The van der Waals surface area contributed by atoms with Crippen LogP contribution < -0.4 is 0 Å². The van der Waals surface area contributed by atoms with Gasteiger partial charge in [0, 0.05) is 17.2 Å². The summed E-state index contributed by atoms with van der Waals surface area (Å²) in [6.07, 6.45) is 1.22. The summed E-state index contributed by atoms with van der Waals surface area (Å²) in [4.78, 5) is 9.13. The first-order chi connectivity index (χ1) is 7.58. The van der Waals surface area contributed by atoms with E-state index in [4.69, 9.17) is 0 Å². The normalized spacial score (nSPS) is 24.0. The summed E-state index contributed by atoms with van der Waals surface area (Å²) in [7, 11) is 0. The molecule has 2 atom stereocenters. The summed E-state index contributed by atoms with van der Waals surface area (Å²) in [5.41, 5.74) is 3.16. The summed E-state index contributed by atoms with van der Waals surface area (Å²) < 4.78 is 1.88. The van der Waals surface area contributed by atoms with E-state index in [1.54, 1.807) is 0 Å². The van der Waals surface area contributed by atoms with Crippen LogP contribution in [0.2, 0.25) is 0 Å². The second kappa shape index (κ2) is 3.03. The average Bonchev–Trinajstić information content (AvgIpc) is 2.80. The Morgan fingerprint density at radius 3 is 2.50 bits per heavy atom. The SMILES string of the molecule is Cc1nc(C)n2nc(C3CC3C)nc2c1C. The molecule has 2 aromatic heterocycles. The Bertz CT molecular complexity index is 570. The van der Waals surface area contributed by atoms with Gasteiger partial charge >= 0.3 is 0 Å². The molecule has 16 heavy (non-hydrogen) atoms. The van der Waals surface area contributed by atoms with E-state index in [0.717, 1.165) is 34.5 Å². The largest absolute Gasteiger partial charge is 0.238 e. The molecular weight excluding hydrogens is 200 g/mol. The fraction of sp³-hybridized carbons (Fsp3) is 0.583. The summed E-state index contributed by atoms with van der Waals surface area (Å²) in [5, 5.41) is 4.57. The molecule has 2 heterocycles. The van der Waals surface area contributed by atoms with Gasteiger partial charge in [0.05, 0.1) is 0 Å². The summed E-state index contributed by atoms with van der Waals surface area (Å²) >= 11 is 0. The van der Waals surface area contributed by atoms with Gasteiger partial charge in [0.25, 0.3) is 0 Å². The predicted octanol–water partition coefficient (Wildman–Crippen LogP) is 2.17. The van der Waals surface area contributed by atoms with Crippen molar-refractivity contribution in [1.29, 1.82) is 0 Å².